The monoisotopic (exact) mass is 264 g/mol. The Kier molecular flexibility index (Phi) is 6.45. The average molecular weight is 265 g/mol. The lowest BCUT2D eigenvalue weighted by molar-refractivity contribution is -0.144. The lowest BCUT2D eigenvalue weighted by atomic mass is 9.89. The molecular weight excluding hydrogens is 240 g/mol. The molecule has 1 rings (SSSR count). The van der Waals surface area contributed by atoms with Crippen molar-refractivity contribution in [3.63, 3.8) is 0 Å². The summed E-state index contributed by atoms with van der Waals surface area (Å²) < 4.78 is 5.40. The third-order valence-corrected chi connectivity index (χ3v) is 3.57. The van der Waals surface area contributed by atoms with Crippen LogP contribution in [0.4, 0.5) is 0 Å². The van der Waals surface area contributed by atoms with Gasteiger partial charge in [0.1, 0.15) is 0 Å². The van der Waals surface area contributed by atoms with Gasteiger partial charge in [-0.2, -0.15) is 0 Å². The van der Waals surface area contributed by atoms with Gasteiger partial charge < -0.3 is 15.4 Å². The number of likely N-dealkylation sites (tertiary alicyclic amines) is 1. The zero-order chi connectivity index (χ0) is 12.3. The van der Waals surface area contributed by atoms with Gasteiger partial charge in [-0.3, -0.25) is 4.79 Å². The maximum atomic E-state index is 12.2. The highest BCUT2D eigenvalue weighted by Gasteiger charge is 2.35. The fourth-order valence-corrected chi connectivity index (χ4v) is 2.04. The Hall–Kier alpha value is -0.320. The summed E-state index contributed by atoms with van der Waals surface area (Å²) in [6.45, 7) is 7.87. The molecule has 0 saturated carbocycles. The number of nitrogens with zero attached hydrogens (tertiary/aromatic N) is 1. The molecule has 0 spiro atoms. The van der Waals surface area contributed by atoms with E-state index in [2.05, 4.69) is 6.92 Å². The van der Waals surface area contributed by atoms with Crippen LogP contribution in [-0.4, -0.2) is 43.7 Å². The number of hydrogen-bond donors (Lipinski definition) is 1. The van der Waals surface area contributed by atoms with E-state index in [0.717, 1.165) is 13.0 Å². The van der Waals surface area contributed by atoms with E-state index in [1.54, 1.807) is 7.11 Å². The highest BCUT2D eigenvalue weighted by molar-refractivity contribution is 5.85. The van der Waals surface area contributed by atoms with Gasteiger partial charge in [0.2, 0.25) is 5.91 Å². The molecule has 1 saturated heterocycles. The predicted octanol–water partition coefficient (Wildman–Crippen LogP) is 1.28. The molecule has 1 amide bonds. The summed E-state index contributed by atoms with van der Waals surface area (Å²) in [4.78, 5) is 14.1. The van der Waals surface area contributed by atoms with Crippen LogP contribution in [0.3, 0.4) is 0 Å². The maximum absolute atomic E-state index is 12.2. The minimum absolute atomic E-state index is 0. The smallest absolute Gasteiger partial charge is 0.229 e. The van der Waals surface area contributed by atoms with E-state index in [9.17, 15) is 4.79 Å². The molecule has 1 heterocycles. The Morgan fingerprint density at radius 1 is 1.53 bits per heavy atom. The van der Waals surface area contributed by atoms with Gasteiger partial charge in [0.05, 0.1) is 11.5 Å². The molecular formula is C12H25ClN2O2. The number of methoxy groups -OCH3 is 1. The Morgan fingerprint density at radius 2 is 2.12 bits per heavy atom. The Labute approximate surface area is 110 Å². The SMILES string of the molecule is COC1CN(C(=O)C(C)(C)CN)CCC1C.Cl. The normalized spacial score (nSPS) is 25.4. The van der Waals surface area contributed by atoms with Gasteiger partial charge in [0.25, 0.3) is 0 Å². The first-order valence-electron chi connectivity index (χ1n) is 5.94. The summed E-state index contributed by atoms with van der Waals surface area (Å²) in [5.41, 5.74) is 5.17. The number of rotatable bonds is 3. The van der Waals surface area contributed by atoms with Gasteiger partial charge in [-0.1, -0.05) is 6.92 Å². The first kappa shape index (κ1) is 16.7. The largest absolute Gasteiger partial charge is 0.379 e. The molecule has 0 aromatic carbocycles. The molecule has 1 fully saturated rings. The van der Waals surface area contributed by atoms with Crippen molar-refractivity contribution in [2.24, 2.45) is 17.1 Å². The number of carbonyl (C=O) groups excluding carboxylic acids is 1. The fourth-order valence-electron chi connectivity index (χ4n) is 2.04. The highest BCUT2D eigenvalue weighted by atomic mass is 35.5. The van der Waals surface area contributed by atoms with Gasteiger partial charge >= 0.3 is 0 Å². The minimum Gasteiger partial charge on any atom is -0.379 e. The average Bonchev–Trinajstić information content (AvgIpc) is 2.28. The van der Waals surface area contributed by atoms with Crippen molar-refractivity contribution in [1.29, 1.82) is 0 Å². The first-order valence-corrected chi connectivity index (χ1v) is 5.94. The number of ether oxygens (including phenoxy) is 1. The summed E-state index contributed by atoms with van der Waals surface area (Å²) in [7, 11) is 1.71. The van der Waals surface area contributed by atoms with Crippen molar-refractivity contribution in [3.05, 3.63) is 0 Å². The lowest BCUT2D eigenvalue weighted by Gasteiger charge is -2.39. The van der Waals surface area contributed by atoms with Gasteiger partial charge in [-0.15, -0.1) is 12.4 Å². The third-order valence-electron chi connectivity index (χ3n) is 3.57. The lowest BCUT2D eigenvalue weighted by Crippen LogP contribution is -2.52. The second-order valence-electron chi connectivity index (χ2n) is 5.38. The van der Waals surface area contributed by atoms with Crippen molar-refractivity contribution in [1.82, 2.24) is 4.90 Å². The minimum atomic E-state index is -0.459. The topological polar surface area (TPSA) is 55.6 Å². The van der Waals surface area contributed by atoms with Crippen LogP contribution in [0.1, 0.15) is 27.2 Å². The van der Waals surface area contributed by atoms with Crippen molar-refractivity contribution in [3.8, 4) is 0 Å². The molecule has 4 nitrogen and oxygen atoms in total. The van der Waals surface area contributed by atoms with Gasteiger partial charge in [0.15, 0.2) is 0 Å². The number of piperidine rings is 1. The standard InChI is InChI=1S/C12H24N2O2.ClH/c1-9-5-6-14(7-10(9)16-4)11(15)12(2,3)8-13;/h9-10H,5-8,13H2,1-4H3;1H. The Morgan fingerprint density at radius 3 is 2.59 bits per heavy atom. The van der Waals surface area contributed by atoms with Crippen LogP contribution >= 0.6 is 12.4 Å². The van der Waals surface area contributed by atoms with E-state index in [1.165, 1.54) is 0 Å². The number of hydrogen-bond acceptors (Lipinski definition) is 3. The maximum Gasteiger partial charge on any atom is 0.229 e. The van der Waals surface area contributed by atoms with Crippen molar-refractivity contribution < 1.29 is 9.53 Å². The van der Waals surface area contributed by atoms with Gasteiger partial charge in [-0.05, 0) is 26.2 Å². The molecule has 2 atom stereocenters. The Bertz CT molecular complexity index is 259. The van der Waals surface area contributed by atoms with E-state index in [0.29, 0.717) is 19.0 Å². The molecule has 0 aliphatic carbocycles. The second kappa shape index (κ2) is 6.57. The van der Waals surface area contributed by atoms with Crippen LogP contribution < -0.4 is 5.73 Å². The number of amides is 1. The molecule has 0 radical (unpaired) electrons. The van der Waals surface area contributed by atoms with E-state index in [-0.39, 0.29) is 24.4 Å². The number of carbonyl (C=O) groups is 1. The summed E-state index contributed by atoms with van der Waals surface area (Å²) >= 11 is 0. The molecule has 5 heteroatoms. The predicted molar refractivity (Wildman–Crippen MR) is 71.2 cm³/mol. The summed E-state index contributed by atoms with van der Waals surface area (Å²) in [6.07, 6.45) is 1.16. The molecule has 2 unspecified atom stereocenters. The summed E-state index contributed by atoms with van der Waals surface area (Å²) in [5, 5.41) is 0. The quantitative estimate of drug-likeness (QED) is 0.835. The summed E-state index contributed by atoms with van der Waals surface area (Å²) in [5.74, 6) is 0.666. The van der Waals surface area contributed by atoms with Crippen LogP contribution in [-0.2, 0) is 9.53 Å². The zero-order valence-electron chi connectivity index (χ0n) is 11.2. The van der Waals surface area contributed by atoms with E-state index < -0.39 is 5.41 Å². The molecule has 0 aromatic heterocycles. The first-order chi connectivity index (χ1) is 7.42. The van der Waals surface area contributed by atoms with E-state index in [4.69, 9.17) is 10.5 Å². The molecule has 1 aliphatic heterocycles. The van der Waals surface area contributed by atoms with Crippen molar-refractivity contribution in [2.45, 2.75) is 33.3 Å². The van der Waals surface area contributed by atoms with Crippen molar-refractivity contribution >= 4 is 18.3 Å². The molecule has 1 aliphatic rings. The Balaban J connectivity index is 0.00000256. The van der Waals surface area contributed by atoms with Crippen LogP contribution in [0, 0.1) is 11.3 Å². The van der Waals surface area contributed by atoms with Crippen LogP contribution in [0.2, 0.25) is 0 Å². The van der Waals surface area contributed by atoms with E-state index >= 15 is 0 Å². The third kappa shape index (κ3) is 3.83. The highest BCUT2D eigenvalue weighted by Crippen LogP contribution is 2.24. The second-order valence-corrected chi connectivity index (χ2v) is 5.38. The number of nitrogens with two attached hydrogens (primary N) is 1. The molecule has 0 bridgehead atoms. The van der Waals surface area contributed by atoms with Gasteiger partial charge in [-0.25, -0.2) is 0 Å². The molecule has 2 N–H and O–H groups in total. The van der Waals surface area contributed by atoms with Crippen LogP contribution in [0.25, 0.3) is 0 Å². The molecule has 17 heavy (non-hydrogen) atoms. The van der Waals surface area contributed by atoms with E-state index in [1.807, 2.05) is 18.7 Å². The van der Waals surface area contributed by atoms with Crippen molar-refractivity contribution in [2.75, 3.05) is 26.7 Å². The zero-order valence-corrected chi connectivity index (χ0v) is 12.0. The molecule has 102 valence electrons. The van der Waals surface area contributed by atoms with Gasteiger partial charge in [0, 0.05) is 26.7 Å². The number of halogens is 1. The summed E-state index contributed by atoms with van der Waals surface area (Å²) in [6, 6.07) is 0. The fraction of sp³-hybridized carbons (Fsp3) is 0.917. The van der Waals surface area contributed by atoms with Crippen LogP contribution in [0.15, 0.2) is 0 Å². The van der Waals surface area contributed by atoms with Crippen LogP contribution in [0.5, 0.6) is 0 Å². The molecule has 0 aromatic rings.